The molecular weight excluding hydrogens is 311 g/mol. The lowest BCUT2D eigenvalue weighted by Crippen LogP contribution is -2.46. The Morgan fingerprint density at radius 3 is 2.67 bits per heavy atom. The number of nitrogens with zero attached hydrogens (tertiary/aromatic N) is 1. The predicted molar refractivity (Wildman–Crippen MR) is 88.2 cm³/mol. The maximum Gasteiger partial charge on any atom is 0.295 e. The Morgan fingerprint density at radius 2 is 2.04 bits per heavy atom. The summed E-state index contributed by atoms with van der Waals surface area (Å²) in [4.78, 5) is 29.5. The van der Waals surface area contributed by atoms with Crippen LogP contribution < -0.4 is 0 Å². The summed E-state index contributed by atoms with van der Waals surface area (Å²) in [5.74, 6) is -1.52. The highest BCUT2D eigenvalue weighted by Gasteiger charge is 2.36. The lowest BCUT2D eigenvalue weighted by Gasteiger charge is -2.39. The van der Waals surface area contributed by atoms with Crippen LogP contribution in [0, 0.1) is 11.2 Å². The van der Waals surface area contributed by atoms with Gasteiger partial charge in [0, 0.05) is 36.8 Å². The van der Waals surface area contributed by atoms with Gasteiger partial charge in [0.25, 0.3) is 11.7 Å². The van der Waals surface area contributed by atoms with Gasteiger partial charge in [-0.15, -0.1) is 0 Å². The molecule has 1 aliphatic heterocycles. The predicted octanol–water partition coefficient (Wildman–Crippen LogP) is 2.50. The highest BCUT2D eigenvalue weighted by atomic mass is 19.1. The maximum absolute atomic E-state index is 13.2. The van der Waals surface area contributed by atoms with Gasteiger partial charge < -0.3 is 15.0 Å². The Hall–Kier alpha value is -2.21. The summed E-state index contributed by atoms with van der Waals surface area (Å²) in [7, 11) is 0. The Balaban J connectivity index is 1.77. The van der Waals surface area contributed by atoms with E-state index < -0.39 is 17.5 Å². The number of likely N-dealkylation sites (tertiary alicyclic amines) is 1. The van der Waals surface area contributed by atoms with Crippen molar-refractivity contribution in [3.63, 3.8) is 0 Å². The minimum atomic E-state index is -0.583. The number of amides is 1. The molecule has 3 rings (SSSR count). The van der Waals surface area contributed by atoms with Crippen molar-refractivity contribution in [1.29, 1.82) is 0 Å². The number of aromatic amines is 1. The number of carbonyl (C=O) groups is 2. The van der Waals surface area contributed by atoms with Crippen molar-refractivity contribution in [2.75, 3.05) is 19.7 Å². The van der Waals surface area contributed by atoms with Crippen molar-refractivity contribution >= 4 is 22.6 Å². The molecule has 1 aromatic heterocycles. The lowest BCUT2D eigenvalue weighted by molar-refractivity contribution is -0.129. The first-order valence-corrected chi connectivity index (χ1v) is 8.21. The van der Waals surface area contributed by atoms with Crippen LogP contribution in [-0.4, -0.2) is 46.4 Å². The third-order valence-corrected chi connectivity index (χ3v) is 5.28. The van der Waals surface area contributed by atoms with Crippen LogP contribution in [0.25, 0.3) is 10.9 Å². The minimum Gasteiger partial charge on any atom is -0.396 e. The number of aromatic nitrogens is 1. The van der Waals surface area contributed by atoms with Crippen molar-refractivity contribution in [3.05, 3.63) is 35.8 Å². The number of hydrogen-bond donors (Lipinski definition) is 2. The van der Waals surface area contributed by atoms with E-state index in [1.165, 1.54) is 24.4 Å². The Morgan fingerprint density at radius 1 is 1.33 bits per heavy atom. The molecule has 2 N–H and O–H groups in total. The van der Waals surface area contributed by atoms with Crippen LogP contribution >= 0.6 is 0 Å². The SMILES string of the molecule is CCC1(CO)CCN(C(=O)C(=O)c2c[nH]c3cc(F)ccc23)CC1. The van der Waals surface area contributed by atoms with Crippen LogP contribution in [0.15, 0.2) is 24.4 Å². The van der Waals surface area contributed by atoms with E-state index in [-0.39, 0.29) is 17.6 Å². The van der Waals surface area contributed by atoms with Gasteiger partial charge in [0.2, 0.25) is 0 Å². The molecule has 0 atom stereocenters. The van der Waals surface area contributed by atoms with Crippen LogP contribution in [0.1, 0.15) is 36.5 Å². The standard InChI is InChI=1S/C18H21FN2O3/c1-2-18(11-22)5-7-21(8-6-18)17(24)16(23)14-10-20-15-9-12(19)3-4-13(14)15/h3-4,9-10,20,22H,2,5-8,11H2,1H3. The smallest absolute Gasteiger partial charge is 0.295 e. The van der Waals surface area contributed by atoms with E-state index in [0.717, 1.165) is 6.42 Å². The molecule has 2 heterocycles. The number of ketones is 1. The molecule has 1 aliphatic rings. The zero-order valence-corrected chi connectivity index (χ0v) is 13.6. The number of benzene rings is 1. The summed E-state index contributed by atoms with van der Waals surface area (Å²) >= 11 is 0. The van der Waals surface area contributed by atoms with Crippen molar-refractivity contribution < 1.29 is 19.1 Å². The summed E-state index contributed by atoms with van der Waals surface area (Å²) in [5.41, 5.74) is 0.623. The molecule has 0 aliphatic carbocycles. The van der Waals surface area contributed by atoms with Gasteiger partial charge in [-0.2, -0.15) is 0 Å². The molecule has 1 amide bonds. The molecule has 0 unspecified atom stereocenters. The van der Waals surface area contributed by atoms with E-state index in [9.17, 15) is 19.1 Å². The second kappa shape index (κ2) is 6.36. The van der Waals surface area contributed by atoms with Crippen LogP contribution in [0.2, 0.25) is 0 Å². The molecule has 0 radical (unpaired) electrons. The van der Waals surface area contributed by atoms with E-state index in [1.54, 1.807) is 4.90 Å². The Bertz CT molecular complexity index is 770. The van der Waals surface area contributed by atoms with Crippen molar-refractivity contribution in [1.82, 2.24) is 9.88 Å². The summed E-state index contributed by atoms with van der Waals surface area (Å²) in [6.07, 6.45) is 3.70. The number of piperidine rings is 1. The van der Waals surface area contributed by atoms with Gasteiger partial charge in [0.05, 0.1) is 5.56 Å². The highest BCUT2D eigenvalue weighted by molar-refractivity contribution is 6.44. The molecule has 24 heavy (non-hydrogen) atoms. The van der Waals surface area contributed by atoms with E-state index in [1.807, 2.05) is 6.92 Å². The number of nitrogens with one attached hydrogen (secondary N) is 1. The Labute approximate surface area is 139 Å². The van der Waals surface area contributed by atoms with E-state index in [4.69, 9.17) is 0 Å². The highest BCUT2D eigenvalue weighted by Crippen LogP contribution is 2.34. The average molecular weight is 332 g/mol. The average Bonchev–Trinajstić information content (AvgIpc) is 3.03. The number of rotatable bonds is 4. The van der Waals surface area contributed by atoms with Gasteiger partial charge in [0.15, 0.2) is 0 Å². The van der Waals surface area contributed by atoms with Gasteiger partial charge >= 0.3 is 0 Å². The second-order valence-electron chi connectivity index (χ2n) is 6.53. The zero-order valence-electron chi connectivity index (χ0n) is 13.6. The number of carbonyl (C=O) groups excluding carboxylic acids is 2. The van der Waals surface area contributed by atoms with Crippen molar-refractivity contribution in [3.8, 4) is 0 Å². The van der Waals surface area contributed by atoms with Crippen LogP contribution in [0.4, 0.5) is 4.39 Å². The molecular formula is C18H21FN2O3. The van der Waals surface area contributed by atoms with E-state index in [2.05, 4.69) is 4.98 Å². The van der Waals surface area contributed by atoms with Gasteiger partial charge in [0.1, 0.15) is 5.82 Å². The normalized spacial score (nSPS) is 17.2. The maximum atomic E-state index is 13.2. The van der Waals surface area contributed by atoms with Crippen LogP contribution in [0.5, 0.6) is 0 Å². The van der Waals surface area contributed by atoms with Gasteiger partial charge in [-0.3, -0.25) is 9.59 Å². The van der Waals surface area contributed by atoms with Gasteiger partial charge in [-0.05, 0) is 42.9 Å². The largest absolute Gasteiger partial charge is 0.396 e. The molecule has 0 spiro atoms. The molecule has 128 valence electrons. The minimum absolute atomic E-state index is 0.105. The van der Waals surface area contributed by atoms with Gasteiger partial charge in [-0.25, -0.2) is 4.39 Å². The number of aliphatic hydroxyl groups is 1. The molecule has 5 nitrogen and oxygen atoms in total. The molecule has 6 heteroatoms. The molecule has 2 aromatic rings. The fourth-order valence-corrected chi connectivity index (χ4v) is 3.35. The number of halogens is 1. The number of hydrogen-bond acceptors (Lipinski definition) is 3. The number of aliphatic hydroxyl groups excluding tert-OH is 1. The molecule has 1 saturated heterocycles. The molecule has 1 fully saturated rings. The first kappa shape index (κ1) is 16.6. The summed E-state index contributed by atoms with van der Waals surface area (Å²) in [6, 6.07) is 4.08. The summed E-state index contributed by atoms with van der Waals surface area (Å²) in [5, 5.41) is 10.1. The second-order valence-corrected chi connectivity index (χ2v) is 6.53. The quantitative estimate of drug-likeness (QED) is 0.667. The van der Waals surface area contributed by atoms with Gasteiger partial charge in [-0.1, -0.05) is 6.92 Å². The number of H-pyrrole nitrogens is 1. The number of Topliss-reactive ketones (excluding diaryl/α,β-unsaturated/α-hetero) is 1. The molecule has 0 saturated carbocycles. The molecule has 0 bridgehead atoms. The fraction of sp³-hybridized carbons (Fsp3) is 0.444. The summed E-state index contributed by atoms with van der Waals surface area (Å²) < 4.78 is 13.2. The summed E-state index contributed by atoms with van der Waals surface area (Å²) in [6.45, 7) is 3.07. The Kier molecular flexibility index (Phi) is 4.41. The third kappa shape index (κ3) is 2.82. The van der Waals surface area contributed by atoms with E-state index >= 15 is 0 Å². The zero-order chi connectivity index (χ0) is 17.3. The first-order chi connectivity index (χ1) is 11.5. The topological polar surface area (TPSA) is 73.4 Å². The lowest BCUT2D eigenvalue weighted by atomic mass is 9.77. The first-order valence-electron chi connectivity index (χ1n) is 8.21. The molecule has 1 aromatic carbocycles. The fourth-order valence-electron chi connectivity index (χ4n) is 3.35. The van der Waals surface area contributed by atoms with Crippen LogP contribution in [-0.2, 0) is 4.79 Å². The van der Waals surface area contributed by atoms with Crippen molar-refractivity contribution in [2.45, 2.75) is 26.2 Å². The monoisotopic (exact) mass is 332 g/mol. The number of fused-ring (bicyclic) bond motifs is 1. The third-order valence-electron chi connectivity index (χ3n) is 5.28. The van der Waals surface area contributed by atoms with E-state index in [0.29, 0.717) is 36.8 Å². The van der Waals surface area contributed by atoms with Crippen molar-refractivity contribution in [2.24, 2.45) is 5.41 Å². The van der Waals surface area contributed by atoms with Crippen LogP contribution in [0.3, 0.4) is 0 Å².